The number of nitrogens with one attached hydrogen (secondary N) is 1. The average molecular weight is 600 g/mol. The highest BCUT2D eigenvalue weighted by Crippen LogP contribution is 2.28. The van der Waals surface area contributed by atoms with Gasteiger partial charge in [-0.2, -0.15) is 0 Å². The smallest absolute Gasteiger partial charge is 0.264 e. The van der Waals surface area contributed by atoms with Crippen molar-refractivity contribution in [2.24, 2.45) is 5.92 Å². The van der Waals surface area contributed by atoms with Gasteiger partial charge >= 0.3 is 0 Å². The molecule has 0 aliphatic heterocycles. The lowest BCUT2D eigenvalue weighted by molar-refractivity contribution is -0.140. The fraction of sp³-hybridized carbons (Fsp3) is 0.355. The quantitative estimate of drug-likeness (QED) is 0.283. The van der Waals surface area contributed by atoms with Crippen LogP contribution in [-0.4, -0.2) is 51.4 Å². The summed E-state index contributed by atoms with van der Waals surface area (Å²) in [4.78, 5) is 28.9. The maximum Gasteiger partial charge on any atom is 0.264 e. The Morgan fingerprint density at radius 3 is 2.29 bits per heavy atom. The van der Waals surface area contributed by atoms with E-state index in [1.165, 1.54) is 29.2 Å². The zero-order chi connectivity index (χ0) is 30.2. The van der Waals surface area contributed by atoms with Crippen LogP contribution in [0.1, 0.15) is 38.3 Å². The molecule has 220 valence electrons. The van der Waals surface area contributed by atoms with Crippen LogP contribution in [0.5, 0.6) is 5.75 Å². The number of para-hydroxylation sites is 1. The van der Waals surface area contributed by atoms with E-state index in [9.17, 15) is 18.0 Å². The van der Waals surface area contributed by atoms with Gasteiger partial charge in [-0.15, -0.1) is 0 Å². The van der Waals surface area contributed by atoms with Gasteiger partial charge in [0.1, 0.15) is 18.3 Å². The number of halogens is 1. The third-order valence-corrected chi connectivity index (χ3v) is 8.65. The zero-order valence-corrected chi connectivity index (χ0v) is 25.7. The normalized spacial score (nSPS) is 12.1. The van der Waals surface area contributed by atoms with Crippen LogP contribution in [-0.2, 0) is 26.2 Å². The average Bonchev–Trinajstić information content (AvgIpc) is 2.95. The van der Waals surface area contributed by atoms with Crippen LogP contribution >= 0.6 is 11.6 Å². The fourth-order valence-electron chi connectivity index (χ4n) is 4.40. The third-order valence-electron chi connectivity index (χ3n) is 6.62. The molecule has 3 rings (SSSR count). The molecule has 2 amide bonds. The Hall–Kier alpha value is -3.56. The van der Waals surface area contributed by atoms with Gasteiger partial charge in [0.15, 0.2) is 0 Å². The van der Waals surface area contributed by atoms with Gasteiger partial charge in [0, 0.05) is 18.1 Å². The second-order valence-corrected chi connectivity index (χ2v) is 12.5. The molecular formula is C31H38ClN3O5S. The standard InChI is InChI=1S/C31H38ClN3O5S/c1-6-28(31(37)33-19-22(2)3)34(20-24-11-9-12-26(18-24)40-5)30(36)21-35(29-13-8-7-10-23(29)4)41(38,39)27-16-14-25(32)15-17-27/h7-18,22,28H,6,19-21H2,1-5H3,(H,33,37)/t28-/m0/s1. The number of hydrogen-bond acceptors (Lipinski definition) is 5. The number of benzene rings is 3. The number of nitrogens with zero attached hydrogens (tertiary/aromatic N) is 2. The molecule has 0 spiro atoms. The van der Waals surface area contributed by atoms with Crippen molar-refractivity contribution in [3.63, 3.8) is 0 Å². The van der Waals surface area contributed by atoms with Crippen LogP contribution in [0.2, 0.25) is 5.02 Å². The van der Waals surface area contributed by atoms with E-state index < -0.39 is 28.5 Å². The van der Waals surface area contributed by atoms with Crippen LogP contribution in [0.4, 0.5) is 5.69 Å². The van der Waals surface area contributed by atoms with E-state index in [4.69, 9.17) is 16.3 Å². The molecule has 0 fully saturated rings. The number of methoxy groups -OCH3 is 1. The summed E-state index contributed by atoms with van der Waals surface area (Å²) in [7, 11) is -2.62. The molecule has 0 saturated heterocycles. The number of sulfonamides is 1. The predicted octanol–water partition coefficient (Wildman–Crippen LogP) is 5.43. The van der Waals surface area contributed by atoms with Crippen molar-refractivity contribution in [1.82, 2.24) is 10.2 Å². The van der Waals surface area contributed by atoms with Gasteiger partial charge in [0.2, 0.25) is 11.8 Å². The second kappa shape index (κ2) is 14.4. The molecule has 0 heterocycles. The molecule has 3 aromatic carbocycles. The molecule has 41 heavy (non-hydrogen) atoms. The van der Waals surface area contributed by atoms with Gasteiger partial charge < -0.3 is 15.0 Å². The minimum Gasteiger partial charge on any atom is -0.497 e. The molecule has 10 heteroatoms. The zero-order valence-electron chi connectivity index (χ0n) is 24.1. The van der Waals surface area contributed by atoms with Crippen molar-refractivity contribution in [2.45, 2.75) is 51.6 Å². The van der Waals surface area contributed by atoms with Gasteiger partial charge in [-0.3, -0.25) is 13.9 Å². The highest BCUT2D eigenvalue weighted by Gasteiger charge is 2.34. The molecule has 0 saturated carbocycles. The Morgan fingerprint density at radius 1 is 1.00 bits per heavy atom. The first-order valence-corrected chi connectivity index (χ1v) is 15.3. The summed E-state index contributed by atoms with van der Waals surface area (Å²) in [5.41, 5.74) is 1.80. The molecule has 8 nitrogen and oxygen atoms in total. The Bertz CT molecular complexity index is 1440. The highest BCUT2D eigenvalue weighted by atomic mass is 35.5. The molecule has 1 atom stereocenters. The van der Waals surface area contributed by atoms with E-state index in [1.54, 1.807) is 56.5 Å². The van der Waals surface area contributed by atoms with Gasteiger partial charge in [0.25, 0.3) is 10.0 Å². The molecule has 1 N–H and O–H groups in total. The van der Waals surface area contributed by atoms with Crippen molar-refractivity contribution in [2.75, 3.05) is 24.5 Å². The van der Waals surface area contributed by atoms with E-state index in [-0.39, 0.29) is 23.3 Å². The van der Waals surface area contributed by atoms with E-state index >= 15 is 0 Å². The molecule has 0 radical (unpaired) electrons. The molecular weight excluding hydrogens is 562 g/mol. The number of carbonyl (C=O) groups excluding carboxylic acids is 2. The maximum atomic E-state index is 14.2. The van der Waals surface area contributed by atoms with Crippen molar-refractivity contribution in [3.05, 3.63) is 88.9 Å². The number of amides is 2. The predicted molar refractivity (Wildman–Crippen MR) is 163 cm³/mol. The molecule has 0 aromatic heterocycles. The third kappa shape index (κ3) is 8.24. The second-order valence-electron chi connectivity index (χ2n) is 10.2. The van der Waals surface area contributed by atoms with E-state index in [2.05, 4.69) is 5.32 Å². The summed E-state index contributed by atoms with van der Waals surface area (Å²) in [6, 6.07) is 19.2. The highest BCUT2D eigenvalue weighted by molar-refractivity contribution is 7.92. The molecule has 0 aliphatic rings. The lowest BCUT2D eigenvalue weighted by atomic mass is 10.1. The summed E-state index contributed by atoms with van der Waals surface area (Å²) in [5, 5.41) is 3.32. The number of carbonyl (C=O) groups is 2. The Balaban J connectivity index is 2.07. The number of aryl methyl sites for hydroxylation is 1. The first kappa shape index (κ1) is 32.0. The van der Waals surface area contributed by atoms with Gasteiger partial charge in [-0.25, -0.2) is 8.42 Å². The number of hydrogen-bond donors (Lipinski definition) is 1. The van der Waals surface area contributed by atoms with Crippen LogP contribution in [0, 0.1) is 12.8 Å². The SMILES string of the molecule is CC[C@@H](C(=O)NCC(C)C)N(Cc1cccc(OC)c1)C(=O)CN(c1ccccc1C)S(=O)(=O)c1ccc(Cl)cc1. The summed E-state index contributed by atoms with van der Waals surface area (Å²) in [5.74, 6) is 0.0275. The fourth-order valence-corrected chi connectivity index (χ4v) is 6.00. The van der Waals surface area contributed by atoms with Gasteiger partial charge in [-0.05, 0) is 72.9 Å². The van der Waals surface area contributed by atoms with E-state index in [0.29, 0.717) is 35.0 Å². The minimum absolute atomic E-state index is 0.000910. The largest absolute Gasteiger partial charge is 0.497 e. The maximum absolute atomic E-state index is 14.2. The van der Waals surface area contributed by atoms with Crippen molar-refractivity contribution >= 4 is 39.1 Å². The summed E-state index contributed by atoms with van der Waals surface area (Å²) in [6.45, 7) is 7.63. The summed E-state index contributed by atoms with van der Waals surface area (Å²) in [6.07, 6.45) is 0.341. The summed E-state index contributed by atoms with van der Waals surface area (Å²) < 4.78 is 34.4. The molecule has 0 unspecified atom stereocenters. The lowest BCUT2D eigenvalue weighted by Gasteiger charge is -2.33. The summed E-state index contributed by atoms with van der Waals surface area (Å²) >= 11 is 6.02. The first-order chi connectivity index (χ1) is 19.5. The van der Waals surface area contributed by atoms with E-state index in [0.717, 1.165) is 9.87 Å². The number of rotatable bonds is 13. The van der Waals surface area contributed by atoms with Crippen LogP contribution in [0.15, 0.2) is 77.7 Å². The van der Waals surface area contributed by atoms with Gasteiger partial charge in [-0.1, -0.05) is 62.7 Å². The van der Waals surface area contributed by atoms with Crippen molar-refractivity contribution in [1.29, 1.82) is 0 Å². The molecule has 0 bridgehead atoms. The van der Waals surface area contributed by atoms with Crippen LogP contribution in [0.3, 0.4) is 0 Å². The van der Waals surface area contributed by atoms with Crippen LogP contribution in [0.25, 0.3) is 0 Å². The lowest BCUT2D eigenvalue weighted by Crippen LogP contribution is -2.52. The van der Waals surface area contributed by atoms with E-state index in [1.807, 2.05) is 26.8 Å². The first-order valence-electron chi connectivity index (χ1n) is 13.5. The molecule has 0 aliphatic carbocycles. The van der Waals surface area contributed by atoms with Crippen molar-refractivity contribution < 1.29 is 22.7 Å². The Morgan fingerprint density at radius 2 is 1.68 bits per heavy atom. The monoisotopic (exact) mass is 599 g/mol. The minimum atomic E-state index is -4.17. The number of anilines is 1. The van der Waals surface area contributed by atoms with Crippen LogP contribution < -0.4 is 14.4 Å². The topological polar surface area (TPSA) is 96.0 Å². The Kier molecular flexibility index (Phi) is 11.2. The van der Waals surface area contributed by atoms with Crippen molar-refractivity contribution in [3.8, 4) is 5.75 Å². The molecule has 3 aromatic rings. The Labute approximate surface area is 248 Å². The van der Waals surface area contributed by atoms with Gasteiger partial charge in [0.05, 0.1) is 17.7 Å². The number of ether oxygens (including phenoxy) is 1.